The molecule has 0 fully saturated rings. The second-order valence-electron chi connectivity index (χ2n) is 3.45. The second-order valence-corrected chi connectivity index (χ2v) is 3.45. The molecule has 0 spiro atoms. The Morgan fingerprint density at radius 3 is 2.78 bits per heavy atom. The van der Waals surface area contributed by atoms with Gasteiger partial charge in [0, 0.05) is 19.3 Å². The van der Waals surface area contributed by atoms with Crippen molar-refractivity contribution >= 4 is 17.8 Å². The van der Waals surface area contributed by atoms with Crippen molar-refractivity contribution in [3.05, 3.63) is 18.1 Å². The quantitative estimate of drug-likeness (QED) is 0.740. The Bertz CT molecular complexity index is 436. The molecule has 0 unspecified atom stereocenters. The van der Waals surface area contributed by atoms with Gasteiger partial charge in [-0.3, -0.25) is 4.79 Å². The molecule has 1 aromatic heterocycles. The van der Waals surface area contributed by atoms with Gasteiger partial charge in [0.2, 0.25) is 5.82 Å². The number of anilines is 1. The number of ether oxygens (including phenoxy) is 1. The smallest absolute Gasteiger partial charge is 0.376 e. The Morgan fingerprint density at radius 1 is 1.50 bits per heavy atom. The molecule has 1 heterocycles. The van der Waals surface area contributed by atoms with Crippen LogP contribution in [0.5, 0.6) is 0 Å². The first-order chi connectivity index (χ1) is 8.58. The van der Waals surface area contributed by atoms with Gasteiger partial charge >= 0.3 is 11.9 Å². The first kappa shape index (κ1) is 13.9. The number of aromatic nitrogens is 2. The first-order valence-electron chi connectivity index (χ1n) is 5.46. The van der Waals surface area contributed by atoms with Crippen LogP contribution in [0.2, 0.25) is 0 Å². The molecule has 0 aromatic carbocycles. The van der Waals surface area contributed by atoms with Gasteiger partial charge in [-0.05, 0) is 13.0 Å². The van der Waals surface area contributed by atoms with Gasteiger partial charge < -0.3 is 14.7 Å². The normalized spacial score (nSPS) is 9.89. The number of esters is 1. The molecule has 1 rings (SSSR count). The fourth-order valence-electron chi connectivity index (χ4n) is 1.38. The Hall–Kier alpha value is -2.18. The number of hydrogen-bond acceptors (Lipinski definition) is 6. The molecule has 0 radical (unpaired) electrons. The lowest BCUT2D eigenvalue weighted by atomic mass is 10.3. The summed E-state index contributed by atoms with van der Waals surface area (Å²) in [5.74, 6) is -1.03. The number of nitrogens with zero attached hydrogens (tertiary/aromatic N) is 3. The van der Waals surface area contributed by atoms with Crippen molar-refractivity contribution in [2.75, 3.05) is 25.1 Å². The maximum Gasteiger partial charge on any atom is 0.376 e. The number of carbonyl (C=O) groups is 2. The predicted octanol–water partition coefficient (Wildman–Crippen LogP) is 0.564. The number of hydrogen-bond donors (Lipinski definition) is 1. The topological polar surface area (TPSA) is 92.6 Å². The highest BCUT2D eigenvalue weighted by atomic mass is 16.5. The molecular formula is C11H15N3O4. The molecule has 7 heteroatoms. The molecule has 0 bridgehead atoms. The molecule has 1 aromatic rings. The summed E-state index contributed by atoms with van der Waals surface area (Å²) in [6.07, 6.45) is 1.45. The summed E-state index contributed by atoms with van der Waals surface area (Å²) in [6, 6.07) is 1.62. The Kier molecular flexibility index (Phi) is 5.04. The zero-order valence-electron chi connectivity index (χ0n) is 10.3. The van der Waals surface area contributed by atoms with Crippen molar-refractivity contribution in [2.45, 2.75) is 13.3 Å². The minimum atomic E-state index is -0.879. The molecule has 0 aliphatic rings. The molecular weight excluding hydrogens is 238 g/mol. The number of carboxylic acids is 1. The summed E-state index contributed by atoms with van der Waals surface area (Å²) in [7, 11) is 1.25. The van der Waals surface area contributed by atoms with Crippen LogP contribution in [0.4, 0.5) is 5.82 Å². The van der Waals surface area contributed by atoms with Crippen molar-refractivity contribution in [3.8, 4) is 0 Å². The van der Waals surface area contributed by atoms with E-state index in [0.29, 0.717) is 18.9 Å². The van der Waals surface area contributed by atoms with Gasteiger partial charge in [0.15, 0.2) is 0 Å². The summed E-state index contributed by atoms with van der Waals surface area (Å²) in [6.45, 7) is 2.79. The van der Waals surface area contributed by atoms with Gasteiger partial charge in [-0.1, -0.05) is 0 Å². The van der Waals surface area contributed by atoms with E-state index in [2.05, 4.69) is 14.7 Å². The minimum Gasteiger partial charge on any atom is -0.481 e. The van der Waals surface area contributed by atoms with Gasteiger partial charge in [0.1, 0.15) is 5.82 Å². The number of methoxy groups -OCH3 is 1. The van der Waals surface area contributed by atoms with Crippen LogP contribution in [-0.4, -0.2) is 47.2 Å². The van der Waals surface area contributed by atoms with Crippen molar-refractivity contribution in [1.29, 1.82) is 0 Å². The summed E-state index contributed by atoms with van der Waals surface area (Å²) in [5, 5.41) is 8.65. The van der Waals surface area contributed by atoms with Crippen molar-refractivity contribution < 1.29 is 19.4 Å². The number of rotatable bonds is 6. The number of carbonyl (C=O) groups excluding carboxylic acids is 1. The van der Waals surface area contributed by atoms with E-state index >= 15 is 0 Å². The highest BCUT2D eigenvalue weighted by molar-refractivity contribution is 5.85. The van der Waals surface area contributed by atoms with Crippen molar-refractivity contribution in [2.24, 2.45) is 0 Å². The molecule has 7 nitrogen and oxygen atoms in total. The van der Waals surface area contributed by atoms with Crippen molar-refractivity contribution in [3.63, 3.8) is 0 Å². The summed E-state index contributed by atoms with van der Waals surface area (Å²) >= 11 is 0. The highest BCUT2D eigenvalue weighted by Gasteiger charge is 2.13. The molecule has 0 saturated heterocycles. The third-order valence-corrected chi connectivity index (χ3v) is 2.31. The fraction of sp³-hybridized carbons (Fsp3) is 0.455. The lowest BCUT2D eigenvalue weighted by Crippen LogP contribution is -2.27. The molecule has 0 amide bonds. The van der Waals surface area contributed by atoms with E-state index < -0.39 is 11.9 Å². The van der Waals surface area contributed by atoms with Gasteiger partial charge in [-0.15, -0.1) is 0 Å². The van der Waals surface area contributed by atoms with Crippen LogP contribution < -0.4 is 4.90 Å². The number of carboxylic acid groups (broad SMARTS) is 1. The molecule has 98 valence electrons. The lowest BCUT2D eigenvalue weighted by molar-refractivity contribution is -0.136. The lowest BCUT2D eigenvalue weighted by Gasteiger charge is -2.20. The van der Waals surface area contributed by atoms with Crippen LogP contribution in [0.3, 0.4) is 0 Å². The minimum absolute atomic E-state index is 0.00536. The SMILES string of the molecule is CCN(CCC(=O)O)c1ccnc(C(=O)OC)n1. The van der Waals surface area contributed by atoms with Crippen LogP contribution in [0.1, 0.15) is 24.0 Å². The van der Waals surface area contributed by atoms with Gasteiger partial charge in [-0.2, -0.15) is 0 Å². The maximum absolute atomic E-state index is 11.3. The van der Waals surface area contributed by atoms with E-state index in [9.17, 15) is 9.59 Å². The van der Waals surface area contributed by atoms with Crippen molar-refractivity contribution in [1.82, 2.24) is 9.97 Å². The molecule has 1 N–H and O–H groups in total. The standard InChI is InChI=1S/C11H15N3O4/c1-3-14(7-5-9(15)16)8-4-6-12-10(13-8)11(17)18-2/h4,6H,3,5,7H2,1-2H3,(H,15,16). The van der Waals surface area contributed by atoms with E-state index in [4.69, 9.17) is 5.11 Å². The predicted molar refractivity (Wildman–Crippen MR) is 63.5 cm³/mol. The van der Waals surface area contributed by atoms with Crippen LogP contribution in [0.25, 0.3) is 0 Å². The van der Waals surface area contributed by atoms with E-state index in [0.717, 1.165) is 0 Å². The Labute approximate surface area is 104 Å². The van der Waals surface area contributed by atoms with Crippen LogP contribution in [0, 0.1) is 0 Å². The van der Waals surface area contributed by atoms with Gasteiger partial charge in [-0.25, -0.2) is 14.8 Å². The third kappa shape index (κ3) is 3.69. The zero-order chi connectivity index (χ0) is 13.5. The summed E-state index contributed by atoms with van der Waals surface area (Å²) in [5.41, 5.74) is 0. The largest absolute Gasteiger partial charge is 0.481 e. The number of aliphatic carboxylic acids is 1. The van der Waals surface area contributed by atoms with Gasteiger partial charge in [0.25, 0.3) is 0 Å². The van der Waals surface area contributed by atoms with Gasteiger partial charge in [0.05, 0.1) is 13.5 Å². The van der Waals surface area contributed by atoms with E-state index in [1.807, 2.05) is 6.92 Å². The summed E-state index contributed by atoms with van der Waals surface area (Å²) < 4.78 is 4.53. The summed E-state index contributed by atoms with van der Waals surface area (Å²) in [4.78, 5) is 31.4. The highest BCUT2D eigenvalue weighted by Crippen LogP contribution is 2.10. The molecule has 0 saturated carbocycles. The maximum atomic E-state index is 11.3. The molecule has 0 atom stereocenters. The van der Waals surface area contributed by atoms with E-state index in [1.165, 1.54) is 13.3 Å². The zero-order valence-corrected chi connectivity index (χ0v) is 10.3. The molecule has 0 aliphatic carbocycles. The van der Waals surface area contributed by atoms with Crippen LogP contribution in [0.15, 0.2) is 12.3 Å². The van der Waals surface area contributed by atoms with Crippen LogP contribution in [-0.2, 0) is 9.53 Å². The first-order valence-corrected chi connectivity index (χ1v) is 5.46. The molecule has 0 aliphatic heterocycles. The van der Waals surface area contributed by atoms with E-state index in [-0.39, 0.29) is 12.2 Å². The third-order valence-electron chi connectivity index (χ3n) is 2.31. The monoisotopic (exact) mass is 253 g/mol. The Balaban J connectivity index is 2.85. The van der Waals surface area contributed by atoms with E-state index in [1.54, 1.807) is 11.0 Å². The van der Waals surface area contributed by atoms with Crippen LogP contribution >= 0.6 is 0 Å². The average molecular weight is 253 g/mol. The fourth-order valence-corrected chi connectivity index (χ4v) is 1.38. The molecule has 18 heavy (non-hydrogen) atoms. The average Bonchev–Trinajstić information content (AvgIpc) is 2.38. The second kappa shape index (κ2) is 6.53. The Morgan fingerprint density at radius 2 is 2.22 bits per heavy atom.